The molecule has 1 aromatic carbocycles. The van der Waals surface area contributed by atoms with Crippen molar-refractivity contribution < 1.29 is 4.42 Å². The van der Waals surface area contributed by atoms with Crippen LogP contribution in [-0.4, -0.2) is 18.1 Å². The fourth-order valence-corrected chi connectivity index (χ4v) is 2.80. The Labute approximate surface area is 105 Å². The van der Waals surface area contributed by atoms with Crippen LogP contribution in [0.4, 0.5) is 11.4 Å². The zero-order valence-corrected chi connectivity index (χ0v) is 10.4. The van der Waals surface area contributed by atoms with Crippen LogP contribution in [0.3, 0.4) is 0 Å². The molecule has 1 aliphatic rings. The molecule has 0 aliphatic heterocycles. The zero-order valence-electron chi connectivity index (χ0n) is 10.4. The Morgan fingerprint density at radius 3 is 2.83 bits per heavy atom. The lowest BCUT2D eigenvalue weighted by Crippen LogP contribution is -2.29. The van der Waals surface area contributed by atoms with Crippen LogP contribution in [-0.2, 0) is 0 Å². The van der Waals surface area contributed by atoms with E-state index in [4.69, 9.17) is 10.2 Å². The molecule has 0 atom stereocenters. The van der Waals surface area contributed by atoms with Gasteiger partial charge in [-0.2, -0.15) is 0 Å². The first-order valence-electron chi connectivity index (χ1n) is 6.30. The van der Waals surface area contributed by atoms with Gasteiger partial charge in [0.1, 0.15) is 0 Å². The van der Waals surface area contributed by atoms with Crippen molar-refractivity contribution >= 4 is 22.5 Å². The second kappa shape index (κ2) is 4.08. The largest absolute Gasteiger partial charge is 0.417 e. The van der Waals surface area contributed by atoms with Gasteiger partial charge in [0.25, 0.3) is 0 Å². The minimum absolute atomic E-state index is 0.440. The average molecular weight is 247 g/mol. The number of fused-ring (bicyclic) bond motifs is 1. The Kier molecular flexibility index (Phi) is 2.54. The summed E-state index contributed by atoms with van der Waals surface area (Å²) in [4.78, 5) is 16.0. The molecule has 0 unspecified atom stereocenters. The van der Waals surface area contributed by atoms with Crippen LogP contribution >= 0.6 is 0 Å². The Morgan fingerprint density at radius 1 is 1.39 bits per heavy atom. The van der Waals surface area contributed by atoms with Crippen molar-refractivity contribution in [2.45, 2.75) is 31.7 Å². The molecule has 0 bridgehead atoms. The molecule has 1 aromatic heterocycles. The number of oxazole rings is 1. The van der Waals surface area contributed by atoms with E-state index in [9.17, 15) is 4.79 Å². The van der Waals surface area contributed by atoms with Crippen molar-refractivity contribution in [1.82, 2.24) is 4.98 Å². The molecule has 2 aromatic rings. The number of nitrogen functional groups attached to an aromatic ring is 1. The highest BCUT2D eigenvalue weighted by atomic mass is 16.4. The van der Waals surface area contributed by atoms with Gasteiger partial charge in [-0.05, 0) is 18.9 Å². The molecule has 5 heteroatoms. The van der Waals surface area contributed by atoms with Gasteiger partial charge in [0, 0.05) is 19.2 Å². The average Bonchev–Trinajstić information content (AvgIpc) is 2.94. The van der Waals surface area contributed by atoms with E-state index >= 15 is 0 Å². The number of hydrogen-bond acceptors (Lipinski definition) is 4. The van der Waals surface area contributed by atoms with Crippen molar-refractivity contribution in [1.29, 1.82) is 0 Å². The van der Waals surface area contributed by atoms with Gasteiger partial charge in [0.15, 0.2) is 5.58 Å². The lowest BCUT2D eigenvalue weighted by atomic mass is 10.1. The number of nitrogens with one attached hydrogen (secondary N) is 1. The van der Waals surface area contributed by atoms with Crippen molar-refractivity contribution in [3.63, 3.8) is 0 Å². The standard InChI is InChI=1S/C13H17N3O2/c1-16(8-4-2-3-5-8)11-7-10-12(6-9(11)14)18-13(17)15-10/h6-8H,2-5,14H2,1H3,(H,15,17). The molecule has 0 saturated heterocycles. The predicted octanol–water partition coefficient (Wildman–Crippen LogP) is 2.08. The van der Waals surface area contributed by atoms with Crippen molar-refractivity contribution in [3.05, 3.63) is 22.7 Å². The third-order valence-corrected chi connectivity index (χ3v) is 3.82. The molecular weight excluding hydrogens is 230 g/mol. The van der Waals surface area contributed by atoms with E-state index in [2.05, 4.69) is 16.9 Å². The van der Waals surface area contributed by atoms with Crippen LogP contribution in [0.15, 0.2) is 21.3 Å². The van der Waals surface area contributed by atoms with E-state index in [1.807, 2.05) is 6.07 Å². The SMILES string of the molecule is CN(c1cc2[nH]c(=O)oc2cc1N)C1CCCC1. The van der Waals surface area contributed by atoms with Crippen LogP contribution in [0.25, 0.3) is 11.1 Å². The molecule has 18 heavy (non-hydrogen) atoms. The molecule has 5 nitrogen and oxygen atoms in total. The van der Waals surface area contributed by atoms with E-state index in [1.54, 1.807) is 6.07 Å². The fourth-order valence-electron chi connectivity index (χ4n) is 2.80. The summed E-state index contributed by atoms with van der Waals surface area (Å²) in [6, 6.07) is 4.16. The number of H-pyrrole nitrogens is 1. The Balaban J connectivity index is 2.04. The summed E-state index contributed by atoms with van der Waals surface area (Å²) in [5, 5.41) is 0. The van der Waals surface area contributed by atoms with Gasteiger partial charge in [-0.3, -0.25) is 4.98 Å². The normalized spacial score (nSPS) is 16.5. The first-order valence-corrected chi connectivity index (χ1v) is 6.30. The van der Waals surface area contributed by atoms with E-state index in [-0.39, 0.29) is 0 Å². The minimum Gasteiger partial charge on any atom is -0.408 e. The maximum atomic E-state index is 11.2. The summed E-state index contributed by atoms with van der Waals surface area (Å²) in [6.45, 7) is 0. The highest BCUT2D eigenvalue weighted by molar-refractivity contribution is 5.85. The summed E-state index contributed by atoms with van der Waals surface area (Å²) in [6.07, 6.45) is 4.96. The highest BCUT2D eigenvalue weighted by Crippen LogP contribution is 2.32. The number of benzene rings is 1. The molecule has 1 fully saturated rings. The Bertz CT molecular complexity index is 623. The third-order valence-electron chi connectivity index (χ3n) is 3.82. The summed E-state index contributed by atoms with van der Waals surface area (Å²) < 4.78 is 5.00. The quantitative estimate of drug-likeness (QED) is 0.797. The molecule has 3 rings (SSSR count). The molecule has 0 radical (unpaired) electrons. The van der Waals surface area contributed by atoms with Gasteiger partial charge in [0.2, 0.25) is 0 Å². The summed E-state index contributed by atoms with van der Waals surface area (Å²) in [5.74, 6) is -0.440. The van der Waals surface area contributed by atoms with Crippen molar-refractivity contribution in [2.24, 2.45) is 0 Å². The lowest BCUT2D eigenvalue weighted by molar-refractivity contribution is 0.555. The first kappa shape index (κ1) is 11.2. The van der Waals surface area contributed by atoms with Crippen molar-refractivity contribution in [2.75, 3.05) is 17.7 Å². The van der Waals surface area contributed by atoms with Gasteiger partial charge in [0.05, 0.1) is 16.9 Å². The topological polar surface area (TPSA) is 75.3 Å². The van der Waals surface area contributed by atoms with Gasteiger partial charge in [-0.1, -0.05) is 12.8 Å². The third kappa shape index (κ3) is 1.75. The predicted molar refractivity (Wildman–Crippen MR) is 71.9 cm³/mol. The van der Waals surface area contributed by atoms with Gasteiger partial charge in [-0.15, -0.1) is 0 Å². The van der Waals surface area contributed by atoms with Gasteiger partial charge >= 0.3 is 5.76 Å². The molecule has 1 heterocycles. The number of hydrogen-bond donors (Lipinski definition) is 2. The summed E-state index contributed by atoms with van der Waals surface area (Å²) in [5.41, 5.74) is 8.88. The monoisotopic (exact) mass is 247 g/mol. The van der Waals surface area contributed by atoms with E-state index in [1.165, 1.54) is 25.7 Å². The van der Waals surface area contributed by atoms with Crippen LogP contribution in [0.1, 0.15) is 25.7 Å². The lowest BCUT2D eigenvalue weighted by Gasteiger charge is -2.27. The first-order chi connectivity index (χ1) is 8.65. The van der Waals surface area contributed by atoms with Crippen LogP contribution in [0.2, 0.25) is 0 Å². The summed E-state index contributed by atoms with van der Waals surface area (Å²) in [7, 11) is 2.06. The van der Waals surface area contributed by atoms with E-state index in [0.717, 1.165) is 5.69 Å². The number of aromatic amines is 1. The number of aromatic nitrogens is 1. The van der Waals surface area contributed by atoms with E-state index < -0.39 is 5.76 Å². The molecular formula is C13H17N3O2. The second-order valence-corrected chi connectivity index (χ2v) is 4.97. The van der Waals surface area contributed by atoms with Crippen LogP contribution in [0, 0.1) is 0 Å². The molecule has 1 aliphatic carbocycles. The molecule has 3 N–H and O–H groups in total. The van der Waals surface area contributed by atoms with E-state index in [0.29, 0.717) is 22.8 Å². The maximum absolute atomic E-state index is 11.2. The molecule has 0 spiro atoms. The number of anilines is 2. The Morgan fingerprint density at radius 2 is 2.11 bits per heavy atom. The van der Waals surface area contributed by atoms with Crippen LogP contribution < -0.4 is 16.4 Å². The summed E-state index contributed by atoms with van der Waals surface area (Å²) >= 11 is 0. The second-order valence-electron chi connectivity index (χ2n) is 4.97. The van der Waals surface area contributed by atoms with Crippen molar-refractivity contribution in [3.8, 4) is 0 Å². The molecule has 1 saturated carbocycles. The molecule has 0 amide bonds. The Hall–Kier alpha value is -1.91. The van der Waals surface area contributed by atoms with Gasteiger partial charge < -0.3 is 15.1 Å². The fraction of sp³-hybridized carbons (Fsp3) is 0.462. The highest BCUT2D eigenvalue weighted by Gasteiger charge is 2.21. The number of nitrogens with zero attached hydrogens (tertiary/aromatic N) is 1. The van der Waals surface area contributed by atoms with Crippen LogP contribution in [0.5, 0.6) is 0 Å². The number of nitrogens with two attached hydrogens (primary N) is 1. The number of rotatable bonds is 2. The maximum Gasteiger partial charge on any atom is 0.417 e. The molecule has 96 valence electrons. The van der Waals surface area contributed by atoms with Gasteiger partial charge in [-0.25, -0.2) is 4.79 Å². The minimum atomic E-state index is -0.440. The smallest absolute Gasteiger partial charge is 0.408 e. The zero-order chi connectivity index (χ0) is 12.7.